The summed E-state index contributed by atoms with van der Waals surface area (Å²) in [5.74, 6) is -0.510. The molecule has 1 atom stereocenters. The van der Waals surface area contributed by atoms with Gasteiger partial charge < -0.3 is 5.32 Å². The quantitative estimate of drug-likeness (QED) is 0.511. The van der Waals surface area contributed by atoms with Crippen LogP contribution in [0.25, 0.3) is 10.2 Å². The lowest BCUT2D eigenvalue weighted by atomic mass is 9.84. The second-order valence-electron chi connectivity index (χ2n) is 8.93. The van der Waals surface area contributed by atoms with Gasteiger partial charge in [-0.25, -0.2) is 22.8 Å². The maximum absolute atomic E-state index is 13.4. The van der Waals surface area contributed by atoms with Crippen LogP contribution < -0.4 is 10.9 Å². The molecule has 1 saturated carbocycles. The monoisotopic (exact) mass is 506 g/mol. The van der Waals surface area contributed by atoms with E-state index in [-0.39, 0.29) is 26.8 Å². The van der Waals surface area contributed by atoms with E-state index < -0.39 is 38.4 Å². The predicted molar refractivity (Wildman–Crippen MR) is 129 cm³/mol. The highest BCUT2D eigenvalue weighted by Crippen LogP contribution is 2.32. The minimum absolute atomic E-state index is 0.0375. The molecule has 4 rings (SSSR count). The van der Waals surface area contributed by atoms with Gasteiger partial charge in [-0.15, -0.1) is 11.3 Å². The van der Waals surface area contributed by atoms with Crippen molar-refractivity contribution in [1.29, 1.82) is 0 Å². The molecule has 1 unspecified atom stereocenters. The molecule has 1 aliphatic rings. The summed E-state index contributed by atoms with van der Waals surface area (Å²) in [5.41, 5.74) is -0.319. The van der Waals surface area contributed by atoms with E-state index in [2.05, 4.69) is 15.3 Å². The Kier molecular flexibility index (Phi) is 7.13. The van der Waals surface area contributed by atoms with Crippen molar-refractivity contribution in [3.05, 3.63) is 46.2 Å². The molecule has 182 valence electrons. The number of anilines is 1. The van der Waals surface area contributed by atoms with E-state index in [1.165, 1.54) is 28.4 Å². The van der Waals surface area contributed by atoms with Gasteiger partial charge in [0.15, 0.2) is 9.84 Å². The Bertz CT molecular complexity index is 1340. The van der Waals surface area contributed by atoms with Crippen LogP contribution in [0.2, 0.25) is 0 Å². The van der Waals surface area contributed by atoms with Crippen LogP contribution in [-0.2, 0) is 14.6 Å². The van der Waals surface area contributed by atoms with Crippen molar-refractivity contribution in [2.24, 2.45) is 5.92 Å². The Morgan fingerprint density at radius 3 is 2.62 bits per heavy atom. The number of hydrogen-bond donors (Lipinski definition) is 1. The van der Waals surface area contributed by atoms with Gasteiger partial charge in [0, 0.05) is 5.38 Å². The Labute approximate surface area is 201 Å². The van der Waals surface area contributed by atoms with Gasteiger partial charge >= 0.3 is 0 Å². The van der Waals surface area contributed by atoms with Gasteiger partial charge in [0.25, 0.3) is 5.56 Å². The van der Waals surface area contributed by atoms with Gasteiger partial charge in [0.05, 0.1) is 17.8 Å². The fourth-order valence-electron chi connectivity index (χ4n) is 4.32. The van der Waals surface area contributed by atoms with E-state index in [4.69, 9.17) is 0 Å². The average Bonchev–Trinajstić information content (AvgIpc) is 3.26. The van der Waals surface area contributed by atoms with Crippen molar-refractivity contribution in [2.45, 2.75) is 68.6 Å². The Balaban J connectivity index is 1.73. The second-order valence-corrected chi connectivity index (χ2v) is 12.3. The number of thiophene rings is 1. The number of rotatable bonds is 7. The van der Waals surface area contributed by atoms with Crippen LogP contribution in [0.5, 0.6) is 0 Å². The number of aromatic nitrogens is 3. The third-order valence-electron chi connectivity index (χ3n) is 6.30. The molecule has 3 aromatic rings. The van der Waals surface area contributed by atoms with Crippen molar-refractivity contribution < 1.29 is 17.6 Å². The lowest BCUT2D eigenvalue weighted by molar-refractivity contribution is -0.120. The number of pyridine rings is 1. The van der Waals surface area contributed by atoms with E-state index in [1.54, 1.807) is 13.8 Å². The molecule has 0 aliphatic heterocycles. The molecule has 0 saturated heterocycles. The van der Waals surface area contributed by atoms with Crippen LogP contribution in [0.15, 0.2) is 39.7 Å². The number of amides is 1. The highest BCUT2D eigenvalue weighted by Gasteiger charge is 2.30. The lowest BCUT2D eigenvalue weighted by Gasteiger charge is -2.27. The number of sulfone groups is 1. The minimum Gasteiger partial charge on any atom is -0.309 e. The maximum atomic E-state index is 13.4. The molecule has 3 heterocycles. The molecule has 1 amide bonds. The van der Waals surface area contributed by atoms with Crippen LogP contribution in [0.3, 0.4) is 0 Å². The van der Waals surface area contributed by atoms with Gasteiger partial charge in [-0.05, 0) is 38.3 Å². The number of carbonyl (C=O) groups is 1. The van der Waals surface area contributed by atoms with Gasteiger partial charge in [0.1, 0.15) is 32.8 Å². The number of nitrogens with one attached hydrogen (secondary N) is 1. The van der Waals surface area contributed by atoms with Crippen LogP contribution in [0, 0.1) is 11.7 Å². The van der Waals surface area contributed by atoms with Crippen molar-refractivity contribution in [3.8, 4) is 0 Å². The van der Waals surface area contributed by atoms with E-state index in [1.807, 2.05) is 0 Å². The van der Waals surface area contributed by atoms with E-state index in [0.29, 0.717) is 6.42 Å². The fourth-order valence-corrected chi connectivity index (χ4v) is 6.82. The van der Waals surface area contributed by atoms with Gasteiger partial charge in [0.2, 0.25) is 5.91 Å². The molecule has 0 bridgehead atoms. The summed E-state index contributed by atoms with van der Waals surface area (Å²) < 4.78 is 40.1. The largest absolute Gasteiger partial charge is 0.309 e. The van der Waals surface area contributed by atoms with Crippen LogP contribution in [-0.4, -0.2) is 34.1 Å². The second kappa shape index (κ2) is 9.91. The first-order chi connectivity index (χ1) is 16.2. The Morgan fingerprint density at radius 1 is 1.24 bits per heavy atom. The Hall–Kier alpha value is -2.66. The first kappa shape index (κ1) is 24.5. The first-order valence-electron chi connectivity index (χ1n) is 11.3. The summed E-state index contributed by atoms with van der Waals surface area (Å²) in [7, 11) is -3.61. The number of fused-ring (bicyclic) bond motifs is 1. The molecule has 0 aromatic carbocycles. The molecular weight excluding hydrogens is 479 g/mol. The predicted octanol–water partition coefficient (Wildman–Crippen LogP) is 4.32. The van der Waals surface area contributed by atoms with E-state index >= 15 is 0 Å². The van der Waals surface area contributed by atoms with Crippen molar-refractivity contribution in [2.75, 3.05) is 5.32 Å². The highest BCUT2D eigenvalue weighted by molar-refractivity contribution is 7.92. The van der Waals surface area contributed by atoms with Crippen LogP contribution >= 0.6 is 11.3 Å². The molecule has 1 N–H and O–H groups in total. The standard InChI is InChI=1S/C23H27FN4O4S2/c1-14(2)34(31,32)18-12-33-21-20(18)26-13-28(23(21)30)17(10-15-6-4-3-5-7-15)22(29)27-19-9-8-16(24)11-25-19/h8-9,11-15,17H,3-7,10H2,1-2H3,(H,25,27,29). The van der Waals surface area contributed by atoms with Crippen molar-refractivity contribution in [1.82, 2.24) is 14.5 Å². The zero-order valence-corrected chi connectivity index (χ0v) is 20.7. The zero-order chi connectivity index (χ0) is 24.5. The minimum atomic E-state index is -3.61. The summed E-state index contributed by atoms with van der Waals surface area (Å²) in [4.78, 5) is 34.9. The molecule has 1 fully saturated rings. The summed E-state index contributed by atoms with van der Waals surface area (Å²) in [5, 5.41) is 3.47. The Morgan fingerprint density at radius 2 is 1.97 bits per heavy atom. The summed E-state index contributed by atoms with van der Waals surface area (Å²) >= 11 is 1.02. The third-order valence-corrected chi connectivity index (χ3v) is 9.57. The third kappa shape index (κ3) is 4.90. The summed E-state index contributed by atoms with van der Waals surface area (Å²) in [6.07, 6.45) is 7.97. The molecule has 3 aromatic heterocycles. The summed E-state index contributed by atoms with van der Waals surface area (Å²) in [6, 6.07) is 1.70. The number of carbonyl (C=O) groups excluding carboxylic acids is 1. The van der Waals surface area contributed by atoms with Gasteiger partial charge in [-0.1, -0.05) is 32.1 Å². The highest BCUT2D eigenvalue weighted by atomic mass is 32.2. The van der Waals surface area contributed by atoms with Gasteiger partial charge in [-0.3, -0.25) is 14.2 Å². The average molecular weight is 507 g/mol. The van der Waals surface area contributed by atoms with Gasteiger partial charge in [-0.2, -0.15) is 0 Å². The molecule has 0 radical (unpaired) electrons. The van der Waals surface area contributed by atoms with Crippen molar-refractivity contribution in [3.63, 3.8) is 0 Å². The zero-order valence-electron chi connectivity index (χ0n) is 19.0. The molecule has 1 aliphatic carbocycles. The van der Waals surface area contributed by atoms with E-state index in [9.17, 15) is 22.4 Å². The van der Waals surface area contributed by atoms with Crippen LogP contribution in [0.4, 0.5) is 10.2 Å². The molecule has 8 nitrogen and oxygen atoms in total. The first-order valence-corrected chi connectivity index (χ1v) is 13.8. The number of nitrogens with zero attached hydrogens (tertiary/aromatic N) is 3. The molecule has 0 spiro atoms. The summed E-state index contributed by atoms with van der Waals surface area (Å²) in [6.45, 7) is 3.15. The fraction of sp³-hybridized carbons (Fsp3) is 0.478. The molecule has 34 heavy (non-hydrogen) atoms. The van der Waals surface area contributed by atoms with E-state index in [0.717, 1.165) is 49.6 Å². The SMILES string of the molecule is CC(C)S(=O)(=O)c1csc2c(=O)n(C(CC3CCCCC3)C(=O)Nc3ccc(F)cn3)cnc12. The number of halogens is 1. The van der Waals surface area contributed by atoms with Crippen molar-refractivity contribution >= 4 is 43.1 Å². The molecular formula is C23H27FN4O4S2. The smallest absolute Gasteiger partial charge is 0.272 e. The lowest BCUT2D eigenvalue weighted by Crippen LogP contribution is -2.35. The number of hydrogen-bond acceptors (Lipinski definition) is 7. The molecule has 11 heteroatoms. The topological polar surface area (TPSA) is 111 Å². The normalized spacial score (nSPS) is 16.1. The maximum Gasteiger partial charge on any atom is 0.272 e. The van der Waals surface area contributed by atoms with Crippen LogP contribution in [0.1, 0.15) is 58.4 Å².